The monoisotopic (exact) mass is 277 g/mol. The first kappa shape index (κ1) is 14.0. The fraction of sp³-hybridized carbons (Fsp3) is 0.333. The molecule has 0 bridgehead atoms. The molecule has 102 valence electrons. The molecule has 0 aliphatic heterocycles. The molecule has 0 radical (unpaired) electrons. The van der Waals surface area contributed by atoms with E-state index in [1.165, 1.54) is 0 Å². The zero-order valence-electron chi connectivity index (χ0n) is 11.1. The van der Waals surface area contributed by atoms with E-state index in [4.69, 9.17) is 0 Å². The van der Waals surface area contributed by atoms with Gasteiger partial charge in [-0.05, 0) is 42.4 Å². The molecule has 0 aromatic heterocycles. The molecule has 1 N–H and O–H groups in total. The summed E-state index contributed by atoms with van der Waals surface area (Å²) in [6.45, 7) is 3.62. The van der Waals surface area contributed by atoms with Crippen LogP contribution in [0.5, 0.6) is 0 Å². The maximum absolute atomic E-state index is 12.2. The normalized spacial score (nSPS) is 11.8. The number of sulfone groups is 1. The Hall–Kier alpha value is -1.39. The van der Waals surface area contributed by atoms with Crippen molar-refractivity contribution in [2.45, 2.75) is 18.2 Å². The summed E-state index contributed by atoms with van der Waals surface area (Å²) in [5.74, 6) is 0.193. The minimum atomic E-state index is -3.17. The quantitative estimate of drug-likeness (QED) is 0.826. The van der Waals surface area contributed by atoms with Crippen molar-refractivity contribution in [1.82, 2.24) is 5.32 Å². The molecule has 0 atom stereocenters. The maximum Gasteiger partial charge on any atom is 0.178 e. The molecule has 2 rings (SSSR count). The van der Waals surface area contributed by atoms with Crippen molar-refractivity contribution < 1.29 is 8.42 Å². The predicted molar refractivity (Wildman–Crippen MR) is 79.2 cm³/mol. The summed E-state index contributed by atoms with van der Waals surface area (Å²) in [5.41, 5.74) is 0. The Balaban J connectivity index is 2.18. The fourth-order valence-corrected chi connectivity index (χ4v) is 3.38. The molecule has 0 heterocycles. The molecule has 0 aliphatic rings. The molecule has 0 saturated heterocycles. The van der Waals surface area contributed by atoms with E-state index in [1.807, 2.05) is 37.3 Å². The average Bonchev–Trinajstić information content (AvgIpc) is 2.43. The lowest BCUT2D eigenvalue weighted by Gasteiger charge is -2.06. The molecular weight excluding hydrogens is 258 g/mol. The van der Waals surface area contributed by atoms with Crippen molar-refractivity contribution in [3.63, 3.8) is 0 Å². The largest absolute Gasteiger partial charge is 0.317 e. The lowest BCUT2D eigenvalue weighted by molar-refractivity contribution is 0.590. The Kier molecular flexibility index (Phi) is 4.56. The smallest absolute Gasteiger partial charge is 0.178 e. The lowest BCUT2D eigenvalue weighted by Crippen LogP contribution is -2.18. The number of nitrogens with one attached hydrogen (secondary N) is 1. The van der Waals surface area contributed by atoms with Crippen LogP contribution in [0, 0.1) is 0 Å². The highest BCUT2D eigenvalue weighted by Gasteiger charge is 2.14. The van der Waals surface area contributed by atoms with E-state index in [2.05, 4.69) is 5.32 Å². The molecule has 0 saturated carbocycles. The number of benzene rings is 2. The van der Waals surface area contributed by atoms with Gasteiger partial charge in [-0.1, -0.05) is 37.3 Å². The topological polar surface area (TPSA) is 46.2 Å². The Labute approximate surface area is 114 Å². The van der Waals surface area contributed by atoms with Crippen LogP contribution >= 0.6 is 0 Å². The van der Waals surface area contributed by atoms with E-state index >= 15 is 0 Å². The van der Waals surface area contributed by atoms with Crippen molar-refractivity contribution in [3.8, 4) is 0 Å². The predicted octanol–water partition coefficient (Wildman–Crippen LogP) is 2.61. The highest BCUT2D eigenvalue weighted by Crippen LogP contribution is 2.20. The van der Waals surface area contributed by atoms with E-state index in [-0.39, 0.29) is 5.75 Å². The Morgan fingerprint density at radius 1 is 1.05 bits per heavy atom. The van der Waals surface area contributed by atoms with Crippen LogP contribution in [0.3, 0.4) is 0 Å². The summed E-state index contributed by atoms with van der Waals surface area (Å²) in [5, 5.41) is 5.17. The third kappa shape index (κ3) is 3.55. The van der Waals surface area contributed by atoms with Crippen LogP contribution in [-0.4, -0.2) is 27.3 Å². The summed E-state index contributed by atoms with van der Waals surface area (Å²) >= 11 is 0. The standard InChI is InChI=1S/C15H19NO2S/c1-2-16-10-5-11-19(17,18)15-9-8-13-6-3-4-7-14(13)12-15/h3-4,6-9,12,16H,2,5,10-11H2,1H3. The van der Waals surface area contributed by atoms with Crippen LogP contribution < -0.4 is 5.32 Å². The summed E-state index contributed by atoms with van der Waals surface area (Å²) < 4.78 is 24.4. The number of fused-ring (bicyclic) bond motifs is 1. The summed E-state index contributed by atoms with van der Waals surface area (Å²) in [7, 11) is -3.17. The van der Waals surface area contributed by atoms with E-state index in [1.54, 1.807) is 12.1 Å². The van der Waals surface area contributed by atoms with E-state index < -0.39 is 9.84 Å². The van der Waals surface area contributed by atoms with E-state index in [0.717, 1.165) is 23.9 Å². The van der Waals surface area contributed by atoms with Crippen LogP contribution in [-0.2, 0) is 9.84 Å². The van der Waals surface area contributed by atoms with Gasteiger partial charge in [-0.3, -0.25) is 0 Å². The summed E-state index contributed by atoms with van der Waals surface area (Å²) in [4.78, 5) is 0.419. The van der Waals surface area contributed by atoms with Gasteiger partial charge in [0.2, 0.25) is 0 Å². The van der Waals surface area contributed by atoms with Gasteiger partial charge < -0.3 is 5.32 Å². The molecule has 2 aromatic carbocycles. The molecular formula is C15H19NO2S. The molecule has 0 spiro atoms. The van der Waals surface area contributed by atoms with Gasteiger partial charge in [0, 0.05) is 0 Å². The second-order valence-corrected chi connectivity index (χ2v) is 6.64. The van der Waals surface area contributed by atoms with Crippen molar-refractivity contribution in [3.05, 3.63) is 42.5 Å². The molecule has 0 unspecified atom stereocenters. The van der Waals surface area contributed by atoms with Crippen molar-refractivity contribution >= 4 is 20.6 Å². The van der Waals surface area contributed by atoms with Crippen LogP contribution in [0.25, 0.3) is 10.8 Å². The van der Waals surface area contributed by atoms with Gasteiger partial charge in [0.05, 0.1) is 10.6 Å². The second-order valence-electron chi connectivity index (χ2n) is 4.53. The minimum Gasteiger partial charge on any atom is -0.317 e. The Morgan fingerprint density at radius 3 is 2.53 bits per heavy atom. The van der Waals surface area contributed by atoms with Gasteiger partial charge in [0.25, 0.3) is 0 Å². The molecule has 2 aromatic rings. The van der Waals surface area contributed by atoms with Gasteiger partial charge >= 0.3 is 0 Å². The number of rotatable bonds is 6. The third-order valence-electron chi connectivity index (χ3n) is 3.10. The first-order chi connectivity index (χ1) is 9.13. The first-order valence-electron chi connectivity index (χ1n) is 6.56. The van der Waals surface area contributed by atoms with E-state index in [9.17, 15) is 8.42 Å². The first-order valence-corrected chi connectivity index (χ1v) is 8.21. The molecule has 4 heteroatoms. The lowest BCUT2D eigenvalue weighted by atomic mass is 10.1. The van der Waals surface area contributed by atoms with Crippen LogP contribution in [0.15, 0.2) is 47.4 Å². The Morgan fingerprint density at radius 2 is 1.79 bits per heavy atom. The SMILES string of the molecule is CCNCCCS(=O)(=O)c1ccc2ccccc2c1. The maximum atomic E-state index is 12.2. The van der Waals surface area contributed by atoms with Crippen LogP contribution in [0.2, 0.25) is 0 Å². The fourth-order valence-electron chi connectivity index (χ4n) is 2.04. The molecule has 0 aliphatic carbocycles. The van der Waals surface area contributed by atoms with E-state index in [0.29, 0.717) is 11.3 Å². The van der Waals surface area contributed by atoms with Crippen LogP contribution in [0.4, 0.5) is 0 Å². The zero-order chi connectivity index (χ0) is 13.7. The second kappa shape index (κ2) is 6.17. The molecule has 0 fully saturated rings. The van der Waals surface area contributed by atoms with Crippen molar-refractivity contribution in [1.29, 1.82) is 0 Å². The molecule has 3 nitrogen and oxygen atoms in total. The van der Waals surface area contributed by atoms with Crippen molar-refractivity contribution in [2.75, 3.05) is 18.8 Å². The minimum absolute atomic E-state index is 0.193. The highest BCUT2D eigenvalue weighted by atomic mass is 32.2. The number of hydrogen-bond donors (Lipinski definition) is 1. The summed E-state index contributed by atoms with van der Waals surface area (Å²) in [6.07, 6.45) is 0.642. The molecule has 0 amide bonds. The van der Waals surface area contributed by atoms with Gasteiger partial charge in [0.15, 0.2) is 9.84 Å². The Bertz CT molecular complexity index is 650. The molecule has 19 heavy (non-hydrogen) atoms. The third-order valence-corrected chi connectivity index (χ3v) is 4.89. The van der Waals surface area contributed by atoms with Gasteiger partial charge in [-0.15, -0.1) is 0 Å². The van der Waals surface area contributed by atoms with Crippen molar-refractivity contribution in [2.24, 2.45) is 0 Å². The zero-order valence-corrected chi connectivity index (χ0v) is 11.9. The van der Waals surface area contributed by atoms with Gasteiger partial charge in [-0.2, -0.15) is 0 Å². The summed E-state index contributed by atoms with van der Waals surface area (Å²) in [6, 6.07) is 13.1. The van der Waals surface area contributed by atoms with Gasteiger partial charge in [0.1, 0.15) is 0 Å². The number of hydrogen-bond acceptors (Lipinski definition) is 3. The van der Waals surface area contributed by atoms with Gasteiger partial charge in [-0.25, -0.2) is 8.42 Å². The average molecular weight is 277 g/mol. The highest BCUT2D eigenvalue weighted by molar-refractivity contribution is 7.91. The van der Waals surface area contributed by atoms with Crippen LogP contribution in [0.1, 0.15) is 13.3 Å².